The van der Waals surface area contributed by atoms with Crippen molar-refractivity contribution in [1.82, 2.24) is 0 Å². The fourth-order valence-corrected chi connectivity index (χ4v) is 2.37. The second kappa shape index (κ2) is 17.3. The molecule has 0 unspecified atom stereocenters. The number of carbonyl (C=O) groups excluding carboxylic acids is 1. The Morgan fingerprint density at radius 1 is 1.00 bits per heavy atom. The zero-order valence-electron chi connectivity index (χ0n) is 14.3. The van der Waals surface area contributed by atoms with Crippen molar-refractivity contribution in [2.24, 2.45) is 0 Å². The molecule has 0 aliphatic heterocycles. The van der Waals surface area contributed by atoms with Gasteiger partial charge < -0.3 is 59.7 Å². The van der Waals surface area contributed by atoms with Crippen molar-refractivity contribution in [1.29, 1.82) is 0 Å². The molecule has 4 atom stereocenters. The number of aliphatic hydroxyl groups excluding tert-OH is 4. The number of hydrogen-bond donors (Lipinski definition) is 5. The molecule has 16 nitrogen and oxygen atoms in total. The predicted molar refractivity (Wildman–Crippen MR) is 65.0 cm³/mol. The molecule has 0 bridgehead atoms. The van der Waals surface area contributed by atoms with Crippen LogP contribution in [0.3, 0.4) is 0 Å². The third kappa shape index (κ3) is 24.0. The molecule has 0 fully saturated rings. The van der Waals surface area contributed by atoms with Crippen molar-refractivity contribution in [3.63, 3.8) is 0 Å². The number of aldehydes is 1. The van der Waals surface area contributed by atoms with Gasteiger partial charge in [0.05, 0.1) is 22.3 Å². The number of hydrogen-bond acceptors (Lipinski definition) is 15. The van der Waals surface area contributed by atoms with Crippen LogP contribution in [-0.2, 0) is 67.0 Å². The number of aliphatic hydroxyl groups is 4. The fraction of sp³-hybridized carbons (Fsp3) is 0.833. The first-order valence-electron chi connectivity index (χ1n) is 5.45. The monoisotopic (exact) mass is 570 g/mol. The summed E-state index contributed by atoms with van der Waals surface area (Å²) in [6.45, 7) is -0.921. The van der Waals surface area contributed by atoms with Crippen LogP contribution in [0.4, 0.5) is 0 Å². The van der Waals surface area contributed by atoms with Crippen molar-refractivity contribution < 1.29 is 141 Å². The fourth-order valence-electron chi connectivity index (χ4n) is 0.953. The molecule has 0 saturated carbocycles. The predicted octanol–water partition coefficient (Wildman–Crippen LogP) is -9.78. The second-order valence-electron chi connectivity index (χ2n) is 3.83. The Morgan fingerprint density at radius 2 is 1.36 bits per heavy atom. The van der Waals surface area contributed by atoms with Crippen LogP contribution < -0.4 is 49.1 Å². The van der Waals surface area contributed by atoms with Gasteiger partial charge in [-0.15, -0.1) is 0 Å². The van der Waals surface area contributed by atoms with Gasteiger partial charge in [-0.3, -0.25) is 4.55 Å². The molecule has 0 aliphatic carbocycles. The Balaban J connectivity index is -0.0000000893. The normalized spacial score (nSPS) is 15.8. The van der Waals surface area contributed by atoms with Gasteiger partial charge in [0.15, 0.2) is 12.4 Å². The quantitative estimate of drug-likeness (QED) is 0.0744. The topological polar surface area (TPSA) is 297 Å². The summed E-state index contributed by atoms with van der Waals surface area (Å²) in [7, 11) is -16.3. The third-order valence-electron chi connectivity index (χ3n) is 1.83. The maximum atomic E-state index is 10.3. The molecule has 28 heavy (non-hydrogen) atoms. The van der Waals surface area contributed by atoms with Crippen molar-refractivity contribution in [3.05, 3.63) is 0 Å². The van der Waals surface area contributed by atoms with E-state index in [1.165, 1.54) is 0 Å². The molecule has 0 aliphatic rings. The van der Waals surface area contributed by atoms with Crippen LogP contribution >= 0.6 is 15.6 Å². The van der Waals surface area contributed by atoms with Crippen LogP contribution in [-0.4, -0.2) is 70.7 Å². The van der Waals surface area contributed by atoms with Crippen molar-refractivity contribution in [2.45, 2.75) is 24.4 Å². The van der Waals surface area contributed by atoms with Crippen LogP contribution in [0.25, 0.3) is 0 Å². The van der Waals surface area contributed by atoms with E-state index in [1.54, 1.807) is 0 Å². The van der Waals surface area contributed by atoms with Gasteiger partial charge in [0.1, 0.15) is 18.3 Å². The molecule has 0 heterocycles. The second-order valence-corrected chi connectivity index (χ2v) is 7.32. The van der Waals surface area contributed by atoms with E-state index in [1.807, 2.05) is 0 Å². The van der Waals surface area contributed by atoms with Gasteiger partial charge in [-0.1, -0.05) is 0 Å². The van der Waals surface area contributed by atoms with E-state index < -0.39 is 57.1 Å². The maximum absolute atomic E-state index is 10.3. The van der Waals surface area contributed by atoms with Crippen molar-refractivity contribution in [2.75, 3.05) is 6.61 Å². The Kier molecular flexibility index (Phi) is 24.7. The summed E-state index contributed by atoms with van der Waals surface area (Å²) in [6.07, 6.45) is -8.21. The molecule has 22 heteroatoms. The molecule has 0 aromatic carbocycles. The van der Waals surface area contributed by atoms with E-state index in [0.29, 0.717) is 0 Å². The van der Waals surface area contributed by atoms with Gasteiger partial charge in [-0.2, -0.15) is 8.42 Å². The molecule has 166 valence electrons. The summed E-state index contributed by atoms with van der Waals surface area (Å²) in [4.78, 5) is 47.6. The minimum Gasteiger partial charge on any atom is -1.00 e. The van der Waals surface area contributed by atoms with Crippen molar-refractivity contribution in [3.8, 4) is 0 Å². The zero-order chi connectivity index (χ0) is 20.6. The molecule has 0 aromatic heterocycles. The maximum Gasteiger partial charge on any atom is 2.00 e. The Bertz CT molecular complexity index is 593. The average Bonchev–Trinajstić information content (AvgIpc) is 2.37. The van der Waals surface area contributed by atoms with Crippen LogP contribution in [0.15, 0.2) is 0 Å². The van der Waals surface area contributed by atoms with Gasteiger partial charge in [0.2, 0.25) is 0 Å². The Labute approximate surface area is 202 Å². The zero-order valence-corrected chi connectivity index (χ0v) is 20.1. The number of carbonyl (C=O) groups is 1. The molecule has 0 aromatic rings. The first-order chi connectivity index (χ1) is 10.9. The minimum atomic E-state index is -5.68. The molecule has 5 N–H and O–H groups in total. The summed E-state index contributed by atoms with van der Waals surface area (Å²) in [5.41, 5.74) is 0. The first-order valence-corrected chi connectivity index (χ1v) is 9.73. The molecule has 0 rings (SSSR count). The van der Waals surface area contributed by atoms with Gasteiger partial charge >= 0.3 is 74.1 Å². The SMILES string of the molecule is O=C[C@H](OS(=O)(=O)O)[C@@H](O)[C@H](O)[C@H](O)CO.O=P([O-])([O-])OP(=O)([O-])[O-].[Fe+2].[Fe+2].[H-].[Na+]. The molecule has 0 spiro atoms. The summed E-state index contributed by atoms with van der Waals surface area (Å²) in [5, 5.41) is 35.6. The van der Waals surface area contributed by atoms with Crippen molar-refractivity contribution >= 4 is 32.3 Å². The average molecular weight is 570 g/mol. The molecule has 0 saturated heterocycles. The molecular formula is C6H13Fe2NaO16P2S. The third-order valence-corrected chi connectivity index (χ3v) is 3.90. The molecule has 0 amide bonds. The van der Waals surface area contributed by atoms with Gasteiger partial charge in [-0.05, 0) is 0 Å². The largest absolute Gasteiger partial charge is 2.00 e. The summed E-state index contributed by atoms with van der Waals surface area (Å²) in [5.74, 6) is 0. The summed E-state index contributed by atoms with van der Waals surface area (Å²) in [6, 6.07) is 0. The van der Waals surface area contributed by atoms with E-state index >= 15 is 0 Å². The van der Waals surface area contributed by atoms with Crippen LogP contribution in [0, 0.1) is 0 Å². The standard InChI is InChI=1S/C6H12O9S.2Fe.Na.H4O7P2.H/c7-1-3(9)5(10)6(11)4(2-8)15-16(12,13)14;;;;1-8(2,3)7-9(4,5)6;/h2-7,9-11H,1H2,(H,12,13,14);;;;(H2,1,2,3)(H2,4,5,6);/q;2*+2;+1;;-1/p-4/t3-,4+,5-,6-;;;;;/m1...../s1. The van der Waals surface area contributed by atoms with Crippen LogP contribution in [0.1, 0.15) is 1.43 Å². The number of phosphoric acid groups is 2. The van der Waals surface area contributed by atoms with E-state index in [-0.39, 0.29) is 71.4 Å². The smallest absolute Gasteiger partial charge is 1.00 e. The minimum absolute atomic E-state index is 0. The van der Waals surface area contributed by atoms with E-state index in [2.05, 4.69) is 8.49 Å². The molecular weight excluding hydrogens is 557 g/mol. The summed E-state index contributed by atoms with van der Waals surface area (Å²) >= 11 is 0. The van der Waals surface area contributed by atoms with Crippen LogP contribution in [0.5, 0.6) is 0 Å². The van der Waals surface area contributed by atoms with E-state index in [0.717, 1.165) is 0 Å². The van der Waals surface area contributed by atoms with E-state index in [9.17, 15) is 47.0 Å². The van der Waals surface area contributed by atoms with Gasteiger partial charge in [-0.25, -0.2) is 4.18 Å². The Hall–Kier alpha value is 1.68. The van der Waals surface area contributed by atoms with Gasteiger partial charge in [0, 0.05) is 0 Å². The van der Waals surface area contributed by atoms with E-state index in [4.69, 9.17) is 19.9 Å². The molecule has 0 radical (unpaired) electrons. The summed E-state index contributed by atoms with van der Waals surface area (Å²) < 4.78 is 53.6. The first kappa shape index (κ1) is 40.1. The Morgan fingerprint density at radius 3 is 1.54 bits per heavy atom. The van der Waals surface area contributed by atoms with Gasteiger partial charge in [0.25, 0.3) is 0 Å². The number of rotatable bonds is 9. The van der Waals surface area contributed by atoms with Crippen LogP contribution in [0.2, 0.25) is 0 Å².